The predicted octanol–water partition coefficient (Wildman–Crippen LogP) is 1.59. The summed E-state index contributed by atoms with van der Waals surface area (Å²) in [5.41, 5.74) is 0. The Morgan fingerprint density at radius 3 is 2.69 bits per heavy atom. The fourth-order valence-corrected chi connectivity index (χ4v) is 9.03. The summed E-state index contributed by atoms with van der Waals surface area (Å²) in [6.07, 6.45) is 2.38. The predicted molar refractivity (Wildman–Crippen MR) is 102 cm³/mol. The van der Waals surface area contributed by atoms with Crippen molar-refractivity contribution < 1.29 is 23.9 Å². The van der Waals surface area contributed by atoms with Crippen LogP contribution in [-0.4, -0.2) is 44.6 Å². The molecule has 7 unspecified atom stereocenters. The minimum atomic E-state index is -1.18. The zero-order valence-corrected chi connectivity index (χ0v) is 16.6. The number of likely N-dealkylation sites (tertiary alicyclic amines) is 1. The van der Waals surface area contributed by atoms with E-state index in [-0.39, 0.29) is 45.6 Å². The number of furan rings is 1. The van der Waals surface area contributed by atoms with Gasteiger partial charge in [-0.15, -0.1) is 11.8 Å². The highest BCUT2D eigenvalue weighted by Gasteiger charge is 2.69. The molecule has 6 rings (SSSR count). The Balaban J connectivity index is 1.45. The van der Waals surface area contributed by atoms with E-state index in [1.165, 1.54) is 11.3 Å². The van der Waals surface area contributed by atoms with Crippen LogP contribution in [0.25, 0.3) is 0 Å². The third-order valence-corrected chi connectivity index (χ3v) is 9.55. The van der Waals surface area contributed by atoms with Gasteiger partial charge in [-0.1, -0.05) is 11.3 Å². The van der Waals surface area contributed by atoms with E-state index in [2.05, 4.69) is 4.98 Å². The van der Waals surface area contributed by atoms with E-state index in [1.54, 1.807) is 18.0 Å². The number of carboxylic acids is 1. The molecule has 4 aliphatic rings. The van der Waals surface area contributed by atoms with E-state index < -0.39 is 24.3 Å². The highest BCUT2D eigenvalue weighted by atomic mass is 32.2. The van der Waals surface area contributed by atoms with Gasteiger partial charge in [0.25, 0.3) is 0 Å². The molecule has 2 aromatic rings. The lowest BCUT2D eigenvalue weighted by Gasteiger charge is -2.42. The number of aromatic nitrogens is 1. The normalized spacial score (nSPS) is 37.0. The van der Waals surface area contributed by atoms with Gasteiger partial charge in [0.2, 0.25) is 11.8 Å². The number of rotatable bonds is 3. The molecule has 7 atom stereocenters. The molecule has 0 aromatic carbocycles. The molecule has 2 saturated carbocycles. The molecule has 8 nitrogen and oxygen atoms in total. The molecule has 2 bridgehead atoms. The Hall–Kier alpha value is -2.33. The Bertz CT molecular complexity index is 1100. The van der Waals surface area contributed by atoms with Crippen molar-refractivity contribution in [2.75, 3.05) is 6.54 Å². The number of carboxylic acid groups (broad SMARTS) is 1. The first-order valence-electron chi connectivity index (χ1n) is 9.45. The molecule has 3 fully saturated rings. The fraction of sp³-hybridized carbons (Fsp3) is 0.474. The Morgan fingerprint density at radius 2 is 2.00 bits per heavy atom. The van der Waals surface area contributed by atoms with Crippen LogP contribution in [0.5, 0.6) is 0 Å². The van der Waals surface area contributed by atoms with Gasteiger partial charge in [0.15, 0.2) is 0 Å². The van der Waals surface area contributed by atoms with Crippen molar-refractivity contribution in [3.63, 3.8) is 0 Å². The third-order valence-electron chi connectivity index (χ3n) is 6.96. The van der Waals surface area contributed by atoms with Gasteiger partial charge < -0.3 is 14.5 Å². The van der Waals surface area contributed by atoms with E-state index >= 15 is 0 Å². The first-order chi connectivity index (χ1) is 14.0. The molecule has 0 spiro atoms. The van der Waals surface area contributed by atoms with Crippen LogP contribution in [0.1, 0.15) is 23.0 Å². The number of carbonyl (C=O) groups is 3. The Labute approximate surface area is 172 Å². The fourth-order valence-electron chi connectivity index (χ4n) is 6.16. The molecule has 1 saturated heterocycles. The largest absolute Gasteiger partial charge is 0.480 e. The standard InChI is InChI=1S/C19H16N2O6S2/c22-9(23)5-21-17(24)11-6-4-7(12(11)18(21)25)14-10(6)13(8-2-1-3-27-8)15-16(28-14)20-19(26)29-15/h1-3,6-7,10-14H,4-5H2,(H,20,26)(H,22,23). The second-order valence-electron chi connectivity index (χ2n) is 8.13. The highest BCUT2D eigenvalue weighted by Crippen LogP contribution is 2.68. The maximum absolute atomic E-state index is 13.0. The van der Waals surface area contributed by atoms with Gasteiger partial charge in [-0.25, -0.2) is 0 Å². The number of amides is 2. The lowest BCUT2D eigenvalue weighted by Crippen LogP contribution is -2.42. The summed E-state index contributed by atoms with van der Waals surface area (Å²) in [5.74, 6) is -2.16. The zero-order chi connectivity index (χ0) is 20.0. The van der Waals surface area contributed by atoms with Crippen molar-refractivity contribution >= 4 is 40.9 Å². The van der Waals surface area contributed by atoms with Crippen molar-refractivity contribution in [2.24, 2.45) is 29.6 Å². The number of fused-ring (bicyclic) bond motifs is 9. The molecule has 2 aliphatic carbocycles. The first kappa shape index (κ1) is 17.5. The van der Waals surface area contributed by atoms with Gasteiger partial charge in [-0.05, 0) is 36.3 Å². The smallest absolute Gasteiger partial charge is 0.323 e. The Morgan fingerprint density at radius 1 is 1.24 bits per heavy atom. The number of H-pyrrole nitrogens is 1. The average Bonchev–Trinajstić information content (AvgIpc) is 3.45. The maximum atomic E-state index is 13.0. The number of hydrogen-bond donors (Lipinski definition) is 2. The molecular weight excluding hydrogens is 416 g/mol. The van der Waals surface area contributed by atoms with Gasteiger partial charge >= 0.3 is 10.8 Å². The van der Waals surface area contributed by atoms with Crippen molar-refractivity contribution in [3.05, 3.63) is 38.7 Å². The first-order valence-corrected chi connectivity index (χ1v) is 11.2. The van der Waals surface area contributed by atoms with Crippen molar-refractivity contribution in [2.45, 2.75) is 22.6 Å². The summed E-state index contributed by atoms with van der Waals surface area (Å²) >= 11 is 2.77. The topological polar surface area (TPSA) is 121 Å². The van der Waals surface area contributed by atoms with Gasteiger partial charge in [-0.2, -0.15) is 0 Å². The summed E-state index contributed by atoms with van der Waals surface area (Å²) in [5, 5.41) is 10.0. The number of hydrogen-bond acceptors (Lipinski definition) is 7. The summed E-state index contributed by atoms with van der Waals surface area (Å²) in [4.78, 5) is 53.8. The lowest BCUT2D eigenvalue weighted by atomic mass is 9.69. The monoisotopic (exact) mass is 432 g/mol. The van der Waals surface area contributed by atoms with Crippen LogP contribution in [0.4, 0.5) is 0 Å². The highest BCUT2D eigenvalue weighted by molar-refractivity contribution is 8.00. The molecule has 10 heteroatoms. The number of nitrogens with zero attached hydrogens (tertiary/aromatic N) is 1. The summed E-state index contributed by atoms with van der Waals surface area (Å²) < 4.78 is 5.73. The second-order valence-corrected chi connectivity index (χ2v) is 10.3. The number of aliphatic carboxylic acids is 1. The van der Waals surface area contributed by atoms with Crippen LogP contribution in [0.2, 0.25) is 0 Å². The van der Waals surface area contributed by atoms with Crippen LogP contribution in [-0.2, 0) is 14.4 Å². The van der Waals surface area contributed by atoms with E-state index in [0.29, 0.717) is 0 Å². The van der Waals surface area contributed by atoms with Crippen molar-refractivity contribution in [3.8, 4) is 0 Å². The minimum Gasteiger partial charge on any atom is -0.480 e. The van der Waals surface area contributed by atoms with E-state index in [1.807, 2.05) is 12.1 Å². The van der Waals surface area contributed by atoms with E-state index in [0.717, 1.165) is 27.0 Å². The number of aromatic amines is 1. The quantitative estimate of drug-likeness (QED) is 0.707. The third kappa shape index (κ3) is 2.21. The number of thioether (sulfide) groups is 1. The molecule has 2 aromatic heterocycles. The zero-order valence-electron chi connectivity index (χ0n) is 14.9. The summed E-state index contributed by atoms with van der Waals surface area (Å²) in [7, 11) is 0. The van der Waals surface area contributed by atoms with Crippen LogP contribution in [0.15, 0.2) is 32.6 Å². The van der Waals surface area contributed by atoms with Crippen LogP contribution < -0.4 is 4.87 Å². The van der Waals surface area contributed by atoms with Crippen LogP contribution in [0, 0.1) is 29.6 Å². The average molecular weight is 432 g/mol. The molecule has 2 aliphatic heterocycles. The molecule has 0 radical (unpaired) electrons. The van der Waals surface area contributed by atoms with Crippen molar-refractivity contribution in [1.82, 2.24) is 9.88 Å². The van der Waals surface area contributed by atoms with E-state index in [9.17, 15) is 19.2 Å². The van der Waals surface area contributed by atoms with Gasteiger partial charge in [0.1, 0.15) is 12.3 Å². The molecule has 29 heavy (non-hydrogen) atoms. The molecule has 4 heterocycles. The van der Waals surface area contributed by atoms with E-state index in [4.69, 9.17) is 9.52 Å². The lowest BCUT2D eigenvalue weighted by molar-refractivity contribution is -0.149. The summed E-state index contributed by atoms with van der Waals surface area (Å²) in [6.45, 7) is -0.575. The SMILES string of the molecule is O=C(O)CN1C(=O)C2C3CC(C2C1=O)C1C(c2ccco2)c2sc(=O)[nH]c2SC31. The van der Waals surface area contributed by atoms with Crippen LogP contribution >= 0.6 is 23.1 Å². The number of thiazole rings is 1. The van der Waals surface area contributed by atoms with Gasteiger partial charge in [-0.3, -0.25) is 24.1 Å². The number of nitrogens with one attached hydrogen (secondary N) is 1. The number of carbonyl (C=O) groups excluding carboxylic acids is 2. The molecule has 150 valence electrons. The second kappa shape index (κ2) is 5.85. The van der Waals surface area contributed by atoms with Gasteiger partial charge in [0, 0.05) is 5.25 Å². The minimum absolute atomic E-state index is 0.00995. The molecule has 2 N–H and O–H groups in total. The van der Waals surface area contributed by atoms with Gasteiger partial charge in [0.05, 0.1) is 33.9 Å². The maximum Gasteiger partial charge on any atom is 0.323 e. The van der Waals surface area contributed by atoms with Crippen LogP contribution in [0.3, 0.4) is 0 Å². The molecule has 2 amide bonds. The Kier molecular flexibility index (Phi) is 3.54. The number of imide groups is 1. The van der Waals surface area contributed by atoms with Crippen molar-refractivity contribution in [1.29, 1.82) is 0 Å². The summed E-state index contributed by atoms with van der Waals surface area (Å²) in [6, 6.07) is 3.71. The molecular formula is C19H16N2O6S2.